The van der Waals surface area contributed by atoms with Crippen molar-refractivity contribution in [1.29, 1.82) is 0 Å². The average Bonchev–Trinajstić information content (AvgIpc) is 2.71. The number of anilines is 1. The van der Waals surface area contributed by atoms with Gasteiger partial charge in [-0.2, -0.15) is 0 Å². The zero-order valence-corrected chi connectivity index (χ0v) is 9.33. The Morgan fingerprint density at radius 3 is 3.07 bits per heavy atom. The molecule has 82 valence electrons. The lowest BCUT2D eigenvalue weighted by atomic mass is 10.2. The van der Waals surface area contributed by atoms with Crippen LogP contribution in [0.1, 0.15) is 32.0 Å². The first-order valence-corrected chi connectivity index (χ1v) is 5.56. The van der Waals surface area contributed by atoms with E-state index in [4.69, 9.17) is 0 Å². The first kappa shape index (κ1) is 10.4. The highest BCUT2D eigenvalue weighted by Crippen LogP contribution is 2.13. The molecule has 15 heavy (non-hydrogen) atoms. The molecule has 4 nitrogen and oxygen atoms in total. The fourth-order valence-corrected chi connectivity index (χ4v) is 1.72. The van der Waals surface area contributed by atoms with Crippen molar-refractivity contribution in [2.45, 2.75) is 32.2 Å². The van der Waals surface area contributed by atoms with E-state index in [1.54, 1.807) is 0 Å². The van der Waals surface area contributed by atoms with Gasteiger partial charge in [0.1, 0.15) is 11.6 Å². The monoisotopic (exact) mass is 206 g/mol. The topological polar surface area (TPSA) is 49.8 Å². The van der Waals surface area contributed by atoms with E-state index in [9.17, 15) is 0 Å². The third kappa shape index (κ3) is 2.65. The van der Waals surface area contributed by atoms with E-state index >= 15 is 0 Å². The van der Waals surface area contributed by atoms with Crippen LogP contribution in [0.15, 0.2) is 12.3 Å². The third-order valence-corrected chi connectivity index (χ3v) is 2.60. The molecule has 0 aromatic carbocycles. The Labute approximate surface area is 90.5 Å². The van der Waals surface area contributed by atoms with Crippen LogP contribution in [-0.2, 0) is 0 Å². The summed E-state index contributed by atoms with van der Waals surface area (Å²) in [6.07, 6.45) is 2.99. The maximum absolute atomic E-state index is 4.49. The minimum absolute atomic E-state index is 0.383. The molecular formula is C11H18N4. The summed E-state index contributed by atoms with van der Waals surface area (Å²) in [6.45, 7) is 6.34. The summed E-state index contributed by atoms with van der Waals surface area (Å²) >= 11 is 0. The summed E-state index contributed by atoms with van der Waals surface area (Å²) < 4.78 is 0. The van der Waals surface area contributed by atoms with E-state index in [0.29, 0.717) is 12.0 Å². The van der Waals surface area contributed by atoms with E-state index in [1.807, 2.05) is 12.3 Å². The highest BCUT2D eigenvalue weighted by molar-refractivity contribution is 5.35. The van der Waals surface area contributed by atoms with Gasteiger partial charge >= 0.3 is 0 Å². The summed E-state index contributed by atoms with van der Waals surface area (Å²) in [4.78, 5) is 8.73. The average molecular weight is 206 g/mol. The lowest BCUT2D eigenvalue weighted by Gasteiger charge is -2.13. The molecule has 1 fully saturated rings. The van der Waals surface area contributed by atoms with Gasteiger partial charge in [-0.05, 0) is 19.0 Å². The maximum atomic E-state index is 4.49. The van der Waals surface area contributed by atoms with Crippen molar-refractivity contribution in [2.24, 2.45) is 0 Å². The van der Waals surface area contributed by atoms with E-state index in [2.05, 4.69) is 34.4 Å². The Bertz CT molecular complexity index is 318. The molecule has 1 aliphatic rings. The van der Waals surface area contributed by atoms with Crippen molar-refractivity contribution >= 4 is 5.82 Å². The van der Waals surface area contributed by atoms with Gasteiger partial charge in [0.05, 0.1) is 0 Å². The second kappa shape index (κ2) is 4.57. The summed E-state index contributed by atoms with van der Waals surface area (Å²) in [7, 11) is 0. The zero-order valence-electron chi connectivity index (χ0n) is 9.33. The molecule has 2 rings (SSSR count). The highest BCUT2D eigenvalue weighted by atomic mass is 15.1. The van der Waals surface area contributed by atoms with Crippen LogP contribution < -0.4 is 10.6 Å². The summed E-state index contributed by atoms with van der Waals surface area (Å²) in [5, 5.41) is 6.75. The largest absolute Gasteiger partial charge is 0.366 e. The first-order valence-electron chi connectivity index (χ1n) is 5.56. The van der Waals surface area contributed by atoms with Crippen LogP contribution in [-0.4, -0.2) is 29.1 Å². The summed E-state index contributed by atoms with van der Waals surface area (Å²) in [6, 6.07) is 2.45. The fourth-order valence-electron chi connectivity index (χ4n) is 1.72. The summed E-state index contributed by atoms with van der Waals surface area (Å²) in [5.41, 5.74) is 0. The van der Waals surface area contributed by atoms with Crippen molar-refractivity contribution in [2.75, 3.05) is 18.4 Å². The van der Waals surface area contributed by atoms with E-state index in [1.165, 1.54) is 6.42 Å². The van der Waals surface area contributed by atoms with Crippen molar-refractivity contribution in [3.05, 3.63) is 18.1 Å². The molecule has 2 N–H and O–H groups in total. The number of nitrogens with one attached hydrogen (secondary N) is 2. The molecule has 0 bridgehead atoms. The normalized spacial score (nSPS) is 20.9. The van der Waals surface area contributed by atoms with Crippen LogP contribution in [0.2, 0.25) is 0 Å². The SMILES string of the molecule is CC(C)c1nccc(NC2CCNC2)n1. The van der Waals surface area contributed by atoms with E-state index in [0.717, 1.165) is 24.7 Å². The van der Waals surface area contributed by atoms with E-state index in [-0.39, 0.29) is 0 Å². The van der Waals surface area contributed by atoms with Gasteiger partial charge in [0.15, 0.2) is 0 Å². The van der Waals surface area contributed by atoms with Crippen LogP contribution in [0.5, 0.6) is 0 Å². The quantitative estimate of drug-likeness (QED) is 0.784. The minimum atomic E-state index is 0.383. The second-order valence-corrected chi connectivity index (χ2v) is 4.29. The van der Waals surface area contributed by atoms with Crippen LogP contribution in [0, 0.1) is 0 Å². The number of nitrogens with zero attached hydrogens (tertiary/aromatic N) is 2. The molecule has 1 saturated heterocycles. The standard InChI is InChI=1S/C11H18N4/c1-8(2)11-13-6-4-10(15-11)14-9-3-5-12-7-9/h4,6,8-9,12H,3,5,7H2,1-2H3,(H,13,14,15). The van der Waals surface area contributed by atoms with Gasteiger partial charge in [-0.25, -0.2) is 9.97 Å². The molecule has 0 amide bonds. The van der Waals surface area contributed by atoms with Gasteiger partial charge in [0, 0.05) is 24.7 Å². The van der Waals surface area contributed by atoms with Crippen LogP contribution in [0.3, 0.4) is 0 Å². The van der Waals surface area contributed by atoms with Crippen molar-refractivity contribution in [1.82, 2.24) is 15.3 Å². The Morgan fingerprint density at radius 1 is 1.53 bits per heavy atom. The van der Waals surface area contributed by atoms with Crippen LogP contribution >= 0.6 is 0 Å². The molecule has 0 radical (unpaired) electrons. The predicted molar refractivity (Wildman–Crippen MR) is 61.0 cm³/mol. The highest BCUT2D eigenvalue weighted by Gasteiger charge is 2.14. The molecule has 0 aliphatic carbocycles. The first-order chi connectivity index (χ1) is 7.25. The van der Waals surface area contributed by atoms with Gasteiger partial charge in [-0.3, -0.25) is 0 Å². The molecule has 1 unspecified atom stereocenters. The van der Waals surface area contributed by atoms with Crippen molar-refractivity contribution < 1.29 is 0 Å². The zero-order chi connectivity index (χ0) is 10.7. The molecule has 0 spiro atoms. The van der Waals surface area contributed by atoms with Crippen molar-refractivity contribution in [3.8, 4) is 0 Å². The predicted octanol–water partition coefficient (Wildman–Crippen LogP) is 1.37. The lowest BCUT2D eigenvalue weighted by Crippen LogP contribution is -2.23. The maximum Gasteiger partial charge on any atom is 0.133 e. The number of rotatable bonds is 3. The van der Waals surface area contributed by atoms with Gasteiger partial charge in [-0.1, -0.05) is 13.8 Å². The van der Waals surface area contributed by atoms with Gasteiger partial charge in [-0.15, -0.1) is 0 Å². The summed E-state index contributed by atoms with van der Waals surface area (Å²) in [5.74, 6) is 2.24. The molecular weight excluding hydrogens is 188 g/mol. The molecule has 4 heteroatoms. The minimum Gasteiger partial charge on any atom is -0.366 e. The Morgan fingerprint density at radius 2 is 2.40 bits per heavy atom. The molecule has 1 aromatic rings. The smallest absolute Gasteiger partial charge is 0.133 e. The van der Waals surface area contributed by atoms with Crippen LogP contribution in [0.25, 0.3) is 0 Å². The fraction of sp³-hybridized carbons (Fsp3) is 0.636. The molecule has 1 atom stereocenters. The molecule has 0 saturated carbocycles. The number of hydrogen-bond acceptors (Lipinski definition) is 4. The third-order valence-electron chi connectivity index (χ3n) is 2.60. The number of hydrogen-bond donors (Lipinski definition) is 2. The number of aromatic nitrogens is 2. The Kier molecular flexibility index (Phi) is 3.16. The second-order valence-electron chi connectivity index (χ2n) is 4.29. The van der Waals surface area contributed by atoms with Gasteiger partial charge in [0.2, 0.25) is 0 Å². The van der Waals surface area contributed by atoms with Crippen LogP contribution in [0.4, 0.5) is 5.82 Å². The lowest BCUT2D eigenvalue weighted by molar-refractivity contribution is 0.755. The molecule has 2 heterocycles. The Hall–Kier alpha value is -1.16. The van der Waals surface area contributed by atoms with Crippen molar-refractivity contribution in [3.63, 3.8) is 0 Å². The Balaban J connectivity index is 2.04. The molecule has 1 aromatic heterocycles. The molecule has 1 aliphatic heterocycles. The van der Waals surface area contributed by atoms with Gasteiger partial charge in [0.25, 0.3) is 0 Å². The van der Waals surface area contributed by atoms with Gasteiger partial charge < -0.3 is 10.6 Å². The van der Waals surface area contributed by atoms with E-state index < -0.39 is 0 Å².